The van der Waals surface area contributed by atoms with Gasteiger partial charge in [-0.3, -0.25) is 4.79 Å². The van der Waals surface area contributed by atoms with Crippen molar-refractivity contribution in [3.8, 4) is 0 Å². The second-order valence-corrected chi connectivity index (χ2v) is 4.82. The van der Waals surface area contributed by atoms with E-state index in [0.29, 0.717) is 5.02 Å². The minimum absolute atomic E-state index is 0.0305. The zero-order valence-corrected chi connectivity index (χ0v) is 11.5. The quantitative estimate of drug-likeness (QED) is 0.841. The van der Waals surface area contributed by atoms with Crippen molar-refractivity contribution in [3.63, 3.8) is 0 Å². The largest absolute Gasteiger partial charge is 0.337 e. The molecule has 0 N–H and O–H groups in total. The Morgan fingerprint density at radius 2 is 1.75 bits per heavy atom. The van der Waals surface area contributed by atoms with Crippen LogP contribution in [0.15, 0.2) is 42.5 Å². The second kappa shape index (κ2) is 6.01. The monoisotopic (exact) mass is 295 g/mol. The Balaban J connectivity index is 2.18. The number of benzene rings is 2. The molecule has 1 amide bonds. The fourth-order valence-electron chi connectivity index (χ4n) is 1.85. The van der Waals surface area contributed by atoms with Gasteiger partial charge in [0.15, 0.2) is 0 Å². The van der Waals surface area contributed by atoms with Gasteiger partial charge in [-0.15, -0.1) is 0 Å². The average Bonchev–Trinajstić information content (AvgIpc) is 2.39. The summed E-state index contributed by atoms with van der Waals surface area (Å²) in [7, 11) is 1.55. The summed E-state index contributed by atoms with van der Waals surface area (Å²) >= 11 is 6.01. The lowest BCUT2D eigenvalue weighted by molar-refractivity contribution is 0.0784. The van der Waals surface area contributed by atoms with Gasteiger partial charge in [-0.05, 0) is 23.8 Å². The second-order valence-electron chi connectivity index (χ2n) is 4.41. The average molecular weight is 296 g/mol. The molecule has 0 aliphatic rings. The first-order chi connectivity index (χ1) is 9.47. The van der Waals surface area contributed by atoms with Gasteiger partial charge in [-0.1, -0.05) is 29.8 Å². The van der Waals surface area contributed by atoms with Crippen LogP contribution in [0.25, 0.3) is 0 Å². The van der Waals surface area contributed by atoms with E-state index >= 15 is 0 Å². The van der Waals surface area contributed by atoms with E-state index in [1.54, 1.807) is 31.3 Å². The molecule has 0 bridgehead atoms. The fraction of sp³-hybridized carbons (Fsp3) is 0.133. The lowest BCUT2D eigenvalue weighted by Crippen LogP contribution is -2.26. The third-order valence-electron chi connectivity index (χ3n) is 2.82. The summed E-state index contributed by atoms with van der Waals surface area (Å²) in [5.41, 5.74) is 0.735. The van der Waals surface area contributed by atoms with Crippen molar-refractivity contribution in [2.75, 3.05) is 7.05 Å². The van der Waals surface area contributed by atoms with Crippen LogP contribution in [0.5, 0.6) is 0 Å². The van der Waals surface area contributed by atoms with Crippen LogP contribution in [-0.2, 0) is 6.54 Å². The summed E-state index contributed by atoms with van der Waals surface area (Å²) in [6.45, 7) is 0.261. The zero-order chi connectivity index (χ0) is 14.7. The van der Waals surface area contributed by atoms with Gasteiger partial charge in [0, 0.05) is 30.2 Å². The molecule has 2 aromatic rings. The standard InChI is InChI=1S/C15H12ClF2NO/c1-19(9-10-4-2-3-5-14(10)16)15(20)11-6-12(17)8-13(18)7-11/h2-8H,9H2,1H3. The third-order valence-corrected chi connectivity index (χ3v) is 3.19. The maximum atomic E-state index is 13.1. The number of nitrogens with zero attached hydrogens (tertiary/aromatic N) is 1. The summed E-state index contributed by atoms with van der Waals surface area (Å²) < 4.78 is 26.2. The van der Waals surface area contributed by atoms with Gasteiger partial charge in [0.25, 0.3) is 5.91 Å². The number of amides is 1. The smallest absolute Gasteiger partial charge is 0.254 e. The Morgan fingerprint density at radius 1 is 1.15 bits per heavy atom. The van der Waals surface area contributed by atoms with Crippen LogP contribution in [0.3, 0.4) is 0 Å². The van der Waals surface area contributed by atoms with Gasteiger partial charge < -0.3 is 4.90 Å². The maximum Gasteiger partial charge on any atom is 0.254 e. The Hall–Kier alpha value is -1.94. The van der Waals surface area contributed by atoms with Crippen LogP contribution in [0.2, 0.25) is 5.02 Å². The van der Waals surface area contributed by atoms with E-state index in [-0.39, 0.29) is 12.1 Å². The van der Waals surface area contributed by atoms with Crippen molar-refractivity contribution < 1.29 is 13.6 Å². The Kier molecular flexibility index (Phi) is 4.35. The lowest BCUT2D eigenvalue weighted by atomic mass is 10.1. The number of hydrogen-bond acceptors (Lipinski definition) is 1. The molecule has 0 aliphatic carbocycles. The van der Waals surface area contributed by atoms with Gasteiger partial charge in [-0.2, -0.15) is 0 Å². The normalized spacial score (nSPS) is 10.4. The molecular formula is C15H12ClF2NO. The summed E-state index contributed by atoms with van der Waals surface area (Å²) in [4.78, 5) is 13.5. The molecule has 2 nitrogen and oxygen atoms in total. The highest BCUT2D eigenvalue weighted by molar-refractivity contribution is 6.31. The van der Waals surface area contributed by atoms with E-state index in [9.17, 15) is 13.6 Å². The van der Waals surface area contributed by atoms with Gasteiger partial charge >= 0.3 is 0 Å². The lowest BCUT2D eigenvalue weighted by Gasteiger charge is -2.18. The van der Waals surface area contributed by atoms with Crippen molar-refractivity contribution in [2.45, 2.75) is 6.54 Å². The SMILES string of the molecule is CN(Cc1ccccc1Cl)C(=O)c1cc(F)cc(F)c1. The summed E-state index contributed by atoms with van der Waals surface area (Å²) in [5, 5.41) is 0.539. The predicted molar refractivity (Wildman–Crippen MR) is 73.6 cm³/mol. The van der Waals surface area contributed by atoms with Crippen LogP contribution >= 0.6 is 11.6 Å². The molecule has 0 saturated carbocycles. The van der Waals surface area contributed by atoms with Gasteiger partial charge in [0.2, 0.25) is 0 Å². The summed E-state index contributed by atoms with van der Waals surface area (Å²) in [6, 6.07) is 9.85. The topological polar surface area (TPSA) is 20.3 Å². The van der Waals surface area contributed by atoms with Crippen molar-refractivity contribution in [2.24, 2.45) is 0 Å². The minimum Gasteiger partial charge on any atom is -0.337 e. The Labute approximate surface area is 120 Å². The molecule has 2 aromatic carbocycles. The molecule has 2 rings (SSSR count). The molecule has 104 valence electrons. The van der Waals surface area contributed by atoms with Crippen molar-refractivity contribution in [1.82, 2.24) is 4.90 Å². The van der Waals surface area contributed by atoms with Crippen LogP contribution in [-0.4, -0.2) is 17.9 Å². The molecule has 0 fully saturated rings. The van der Waals surface area contributed by atoms with Gasteiger partial charge in [0.1, 0.15) is 11.6 Å². The molecule has 0 unspecified atom stereocenters. The van der Waals surface area contributed by atoms with E-state index < -0.39 is 17.5 Å². The molecule has 0 saturated heterocycles. The maximum absolute atomic E-state index is 13.1. The van der Waals surface area contributed by atoms with Crippen LogP contribution in [0, 0.1) is 11.6 Å². The predicted octanol–water partition coefficient (Wildman–Crippen LogP) is 3.89. The van der Waals surface area contributed by atoms with Crippen LogP contribution in [0.4, 0.5) is 8.78 Å². The third kappa shape index (κ3) is 3.33. The van der Waals surface area contributed by atoms with E-state index in [1.165, 1.54) is 4.90 Å². The molecule has 0 spiro atoms. The number of carbonyl (C=O) groups excluding carboxylic acids is 1. The van der Waals surface area contributed by atoms with Crippen molar-refractivity contribution in [3.05, 3.63) is 70.2 Å². The molecule has 0 atom stereocenters. The number of rotatable bonds is 3. The first kappa shape index (κ1) is 14.5. The van der Waals surface area contributed by atoms with Crippen molar-refractivity contribution >= 4 is 17.5 Å². The molecule has 0 radical (unpaired) electrons. The molecule has 0 aliphatic heterocycles. The molecule has 20 heavy (non-hydrogen) atoms. The fourth-order valence-corrected chi connectivity index (χ4v) is 2.05. The van der Waals surface area contributed by atoms with E-state index in [4.69, 9.17) is 11.6 Å². The van der Waals surface area contributed by atoms with E-state index in [0.717, 1.165) is 23.8 Å². The zero-order valence-electron chi connectivity index (χ0n) is 10.7. The number of halogens is 3. The summed E-state index contributed by atoms with van der Waals surface area (Å²) in [5.74, 6) is -2.03. The summed E-state index contributed by atoms with van der Waals surface area (Å²) in [6.07, 6.45) is 0. The van der Waals surface area contributed by atoms with Gasteiger partial charge in [-0.25, -0.2) is 8.78 Å². The number of hydrogen-bond donors (Lipinski definition) is 0. The molecule has 5 heteroatoms. The van der Waals surface area contributed by atoms with Crippen LogP contribution in [0.1, 0.15) is 15.9 Å². The number of carbonyl (C=O) groups is 1. The molecule has 0 heterocycles. The minimum atomic E-state index is -0.778. The molecular weight excluding hydrogens is 284 g/mol. The first-order valence-corrected chi connectivity index (χ1v) is 6.30. The highest BCUT2D eigenvalue weighted by Crippen LogP contribution is 2.18. The van der Waals surface area contributed by atoms with Crippen molar-refractivity contribution in [1.29, 1.82) is 0 Å². The first-order valence-electron chi connectivity index (χ1n) is 5.92. The van der Waals surface area contributed by atoms with Crippen LogP contribution < -0.4 is 0 Å². The Bertz CT molecular complexity index is 625. The molecule has 0 aromatic heterocycles. The van der Waals surface area contributed by atoms with Gasteiger partial charge in [0.05, 0.1) is 0 Å². The Morgan fingerprint density at radius 3 is 2.35 bits per heavy atom. The highest BCUT2D eigenvalue weighted by atomic mass is 35.5. The highest BCUT2D eigenvalue weighted by Gasteiger charge is 2.15. The van der Waals surface area contributed by atoms with E-state index in [2.05, 4.69) is 0 Å². The van der Waals surface area contributed by atoms with E-state index in [1.807, 2.05) is 0 Å².